The lowest BCUT2D eigenvalue weighted by molar-refractivity contribution is -0.119. The number of amides is 1. The van der Waals surface area contributed by atoms with Gasteiger partial charge in [-0.15, -0.1) is 0 Å². The van der Waals surface area contributed by atoms with Gasteiger partial charge in [-0.1, -0.05) is 66.0 Å². The highest BCUT2D eigenvalue weighted by Crippen LogP contribution is 2.42. The van der Waals surface area contributed by atoms with Gasteiger partial charge in [0.25, 0.3) is 0 Å². The van der Waals surface area contributed by atoms with Gasteiger partial charge in [0.15, 0.2) is 0 Å². The summed E-state index contributed by atoms with van der Waals surface area (Å²) in [7, 11) is 3.16. The zero-order valence-corrected chi connectivity index (χ0v) is 28.7. The molecule has 1 saturated carbocycles. The summed E-state index contributed by atoms with van der Waals surface area (Å²) < 4.78 is 11.2. The molecule has 1 aliphatic heterocycles. The molecule has 12 heteroatoms. The van der Waals surface area contributed by atoms with Crippen molar-refractivity contribution in [2.75, 3.05) is 20.8 Å². The van der Waals surface area contributed by atoms with Crippen LogP contribution in [0.15, 0.2) is 48.8 Å². The number of hydrogen-bond donors (Lipinski definition) is 3. The third-order valence-corrected chi connectivity index (χ3v) is 10.0. The summed E-state index contributed by atoms with van der Waals surface area (Å²) in [5, 5.41) is 17.5. The molecule has 3 N–H and O–H groups in total. The second-order valence-electron chi connectivity index (χ2n) is 12.3. The minimum atomic E-state index is -0.248. The molecule has 3 atom stereocenters. The van der Waals surface area contributed by atoms with Crippen LogP contribution in [0.2, 0.25) is 10.0 Å². The van der Waals surface area contributed by atoms with Crippen LogP contribution in [0.1, 0.15) is 56.3 Å². The van der Waals surface area contributed by atoms with E-state index in [0.29, 0.717) is 75.9 Å². The highest BCUT2D eigenvalue weighted by Gasteiger charge is 2.25. The predicted molar refractivity (Wildman–Crippen MR) is 186 cm³/mol. The molecular formula is C36H40Cl2N6O4. The number of benzene rings is 2. The van der Waals surface area contributed by atoms with Crippen molar-refractivity contribution < 1.29 is 19.4 Å². The van der Waals surface area contributed by atoms with Crippen LogP contribution < -0.4 is 20.1 Å². The van der Waals surface area contributed by atoms with Crippen LogP contribution in [0, 0.1) is 5.92 Å². The van der Waals surface area contributed by atoms with Crippen molar-refractivity contribution in [3.8, 4) is 45.4 Å². The molecular weight excluding hydrogens is 651 g/mol. The maximum atomic E-state index is 11.5. The predicted octanol–water partition coefficient (Wildman–Crippen LogP) is 6.44. The van der Waals surface area contributed by atoms with Crippen LogP contribution in [0.25, 0.3) is 33.6 Å². The lowest BCUT2D eigenvalue weighted by atomic mass is 9.98. The van der Waals surface area contributed by atoms with Crippen molar-refractivity contribution in [2.45, 2.75) is 70.1 Å². The fraction of sp³-hybridized carbons (Fsp3) is 0.417. The van der Waals surface area contributed by atoms with E-state index in [2.05, 4.69) is 20.6 Å². The van der Waals surface area contributed by atoms with Crippen LogP contribution >= 0.6 is 23.2 Å². The van der Waals surface area contributed by atoms with Gasteiger partial charge in [0.05, 0.1) is 54.2 Å². The summed E-state index contributed by atoms with van der Waals surface area (Å²) in [5.41, 5.74) is 5.46. The topological polar surface area (TPSA) is 131 Å². The Morgan fingerprint density at radius 2 is 1.48 bits per heavy atom. The molecule has 4 aromatic rings. The van der Waals surface area contributed by atoms with Gasteiger partial charge >= 0.3 is 0 Å². The Balaban J connectivity index is 1.20. The Hall–Kier alpha value is -3.83. The zero-order valence-electron chi connectivity index (χ0n) is 27.1. The van der Waals surface area contributed by atoms with Crippen LogP contribution in [0.4, 0.5) is 0 Å². The number of ether oxygens (including phenoxy) is 2. The zero-order chi connectivity index (χ0) is 33.6. The molecule has 48 heavy (non-hydrogen) atoms. The second kappa shape index (κ2) is 15.6. The SMILES string of the molecule is COc1nc(-c2cccc(-c3cccc(-c4cnc(CNC[C@H]5CCC[C@@H]5O)c(OC)n4)c3Cl)c2Cl)cnc1CCC[C@@H]1CCC(=O)N1. The number of halogens is 2. The first kappa shape index (κ1) is 34.0. The van der Waals surface area contributed by atoms with E-state index in [0.717, 1.165) is 55.3 Å². The molecule has 10 nitrogen and oxygen atoms in total. The van der Waals surface area contributed by atoms with Crippen molar-refractivity contribution in [1.29, 1.82) is 0 Å². The number of hydrogen-bond acceptors (Lipinski definition) is 9. The second-order valence-corrected chi connectivity index (χ2v) is 13.1. The van der Waals surface area contributed by atoms with Crippen molar-refractivity contribution in [3.63, 3.8) is 0 Å². The third-order valence-electron chi connectivity index (χ3n) is 9.22. The molecule has 0 radical (unpaired) electrons. The number of nitrogens with zero attached hydrogens (tertiary/aromatic N) is 4. The lowest BCUT2D eigenvalue weighted by Gasteiger charge is -2.16. The van der Waals surface area contributed by atoms with Gasteiger partial charge in [-0.3, -0.25) is 14.8 Å². The van der Waals surface area contributed by atoms with Gasteiger partial charge in [-0.2, -0.15) is 0 Å². The van der Waals surface area contributed by atoms with E-state index >= 15 is 0 Å². The molecule has 6 rings (SSSR count). The Bertz CT molecular complexity index is 1770. The maximum absolute atomic E-state index is 11.5. The van der Waals surface area contributed by atoms with Crippen molar-refractivity contribution in [3.05, 3.63) is 70.2 Å². The van der Waals surface area contributed by atoms with Gasteiger partial charge in [0, 0.05) is 47.8 Å². The average Bonchev–Trinajstić information content (AvgIpc) is 3.72. The van der Waals surface area contributed by atoms with E-state index in [-0.39, 0.29) is 24.0 Å². The molecule has 0 unspecified atom stereocenters. The number of aliphatic hydroxyl groups is 1. The molecule has 252 valence electrons. The molecule has 1 saturated heterocycles. The quantitative estimate of drug-likeness (QED) is 0.145. The molecule has 3 heterocycles. The van der Waals surface area contributed by atoms with Crippen molar-refractivity contribution >= 4 is 29.1 Å². The number of rotatable bonds is 13. The van der Waals surface area contributed by atoms with Crippen LogP contribution in [0.5, 0.6) is 11.8 Å². The normalized spacial score (nSPS) is 19.0. The number of carbonyl (C=O) groups excluding carboxylic acids is 1. The number of aryl methyl sites for hydroxylation is 1. The van der Waals surface area contributed by atoms with Gasteiger partial charge in [-0.25, -0.2) is 9.97 Å². The average molecular weight is 692 g/mol. The molecule has 2 aliphatic rings. The molecule has 1 amide bonds. The largest absolute Gasteiger partial charge is 0.480 e. The van der Waals surface area contributed by atoms with E-state index in [4.69, 9.17) is 42.6 Å². The van der Waals surface area contributed by atoms with Gasteiger partial charge in [0.2, 0.25) is 17.7 Å². The van der Waals surface area contributed by atoms with E-state index in [9.17, 15) is 9.90 Å². The Labute approximate surface area is 290 Å². The smallest absolute Gasteiger partial charge is 0.237 e. The first-order valence-electron chi connectivity index (χ1n) is 16.4. The fourth-order valence-electron chi connectivity index (χ4n) is 6.59. The number of carbonyl (C=O) groups is 1. The highest BCUT2D eigenvalue weighted by molar-refractivity contribution is 6.39. The van der Waals surface area contributed by atoms with E-state index in [1.807, 2.05) is 36.4 Å². The van der Waals surface area contributed by atoms with E-state index in [1.165, 1.54) is 0 Å². The number of aromatic nitrogens is 4. The van der Waals surface area contributed by atoms with Gasteiger partial charge in [0.1, 0.15) is 11.4 Å². The Morgan fingerprint density at radius 1 is 0.875 bits per heavy atom. The molecule has 0 bridgehead atoms. The molecule has 1 aliphatic carbocycles. The third kappa shape index (κ3) is 7.57. The Morgan fingerprint density at radius 3 is 2.04 bits per heavy atom. The summed E-state index contributed by atoms with van der Waals surface area (Å²) in [6.45, 7) is 1.19. The van der Waals surface area contributed by atoms with Crippen LogP contribution in [0.3, 0.4) is 0 Å². The van der Waals surface area contributed by atoms with Crippen molar-refractivity contribution in [1.82, 2.24) is 30.6 Å². The lowest BCUT2D eigenvalue weighted by Crippen LogP contribution is -2.28. The van der Waals surface area contributed by atoms with E-state index in [1.54, 1.807) is 26.6 Å². The number of methoxy groups -OCH3 is 2. The fourth-order valence-corrected chi connectivity index (χ4v) is 7.24. The summed E-state index contributed by atoms with van der Waals surface area (Å²) >= 11 is 14.1. The molecule has 2 aromatic heterocycles. The first-order valence-corrected chi connectivity index (χ1v) is 17.2. The number of aliphatic hydroxyl groups excluding tert-OH is 1. The Kier molecular flexibility index (Phi) is 11.1. The molecule has 2 aromatic carbocycles. The van der Waals surface area contributed by atoms with E-state index < -0.39 is 0 Å². The maximum Gasteiger partial charge on any atom is 0.237 e. The molecule has 2 fully saturated rings. The monoisotopic (exact) mass is 690 g/mol. The summed E-state index contributed by atoms with van der Waals surface area (Å²) in [6, 6.07) is 11.7. The van der Waals surface area contributed by atoms with Crippen LogP contribution in [-0.2, 0) is 17.8 Å². The van der Waals surface area contributed by atoms with Crippen LogP contribution in [-0.4, -0.2) is 63.9 Å². The highest BCUT2D eigenvalue weighted by atomic mass is 35.5. The summed E-state index contributed by atoms with van der Waals surface area (Å²) in [6.07, 6.45) is 10.0. The first-order chi connectivity index (χ1) is 23.4. The summed E-state index contributed by atoms with van der Waals surface area (Å²) in [5.74, 6) is 1.24. The van der Waals surface area contributed by atoms with Gasteiger partial charge in [-0.05, 0) is 44.4 Å². The standard InChI is InChI=1S/C36H40Cl2N6O4/c1-47-35-27(13-4-8-22-15-16-32(46)42-22)40-19-28(43-35)25-11-5-9-23(33(25)37)24-10-6-12-26(34(24)38)29-20-41-30(36(44-29)48-2)18-39-17-21-7-3-14-31(21)45/h5-6,9-12,19-22,31,39,45H,3-4,7-8,13-18H2,1-2H3,(H,42,46)/t21-,22-,31+/m1/s1. The van der Waals surface area contributed by atoms with Crippen molar-refractivity contribution in [2.24, 2.45) is 5.92 Å². The molecule has 0 spiro atoms. The number of nitrogens with one attached hydrogen (secondary N) is 2. The minimum absolute atomic E-state index is 0.123. The minimum Gasteiger partial charge on any atom is -0.480 e. The van der Waals surface area contributed by atoms with Gasteiger partial charge < -0.3 is 25.2 Å². The summed E-state index contributed by atoms with van der Waals surface area (Å²) in [4.78, 5) is 30.3.